The summed E-state index contributed by atoms with van der Waals surface area (Å²) in [7, 11) is 1.52. The first-order valence-corrected chi connectivity index (χ1v) is 10.3. The van der Waals surface area contributed by atoms with Crippen LogP contribution < -0.4 is 20.3 Å². The largest absolute Gasteiger partial charge is 0.497 e. The van der Waals surface area contributed by atoms with Gasteiger partial charge in [0.05, 0.1) is 18.5 Å². The van der Waals surface area contributed by atoms with Crippen molar-refractivity contribution in [1.82, 2.24) is 5.32 Å². The van der Waals surface area contributed by atoms with Crippen LogP contribution in [0.3, 0.4) is 0 Å². The van der Waals surface area contributed by atoms with E-state index in [4.69, 9.17) is 4.74 Å². The van der Waals surface area contributed by atoms with Gasteiger partial charge in [-0.2, -0.15) is 0 Å². The molecule has 30 heavy (non-hydrogen) atoms. The van der Waals surface area contributed by atoms with E-state index in [9.17, 15) is 14.7 Å². The smallest absolute Gasteiger partial charge is 0.329 e. The van der Waals surface area contributed by atoms with E-state index in [1.54, 1.807) is 48.5 Å². The zero-order valence-electron chi connectivity index (χ0n) is 17.2. The summed E-state index contributed by atoms with van der Waals surface area (Å²) in [5.41, 5.74) is -1.09. The summed E-state index contributed by atoms with van der Waals surface area (Å²) in [6.07, 6.45) is 4.05. The summed E-state index contributed by atoms with van der Waals surface area (Å²) in [6, 6.07) is 12.9. The number of nitrogens with one attached hydrogen (secondary N) is 2. The molecule has 0 spiro atoms. The second-order valence-electron chi connectivity index (χ2n) is 8.03. The minimum absolute atomic E-state index is 0.0421. The SMILES string of the molecule is COc1cccc(N2C(=O)Nc3ccccc3[C@@]2(O)C(=O)N[C@H]2CCCC[C@H]2C)c1. The van der Waals surface area contributed by atoms with Crippen LogP contribution in [0.5, 0.6) is 5.75 Å². The van der Waals surface area contributed by atoms with Crippen molar-refractivity contribution in [2.45, 2.75) is 44.4 Å². The second-order valence-corrected chi connectivity index (χ2v) is 8.03. The van der Waals surface area contributed by atoms with Crippen LogP contribution in [0.25, 0.3) is 0 Å². The Hall–Kier alpha value is -3.06. The van der Waals surface area contributed by atoms with Gasteiger partial charge in [0, 0.05) is 17.7 Å². The number of hydrogen-bond donors (Lipinski definition) is 3. The van der Waals surface area contributed by atoms with Crippen LogP contribution >= 0.6 is 0 Å². The summed E-state index contributed by atoms with van der Waals surface area (Å²) in [6.45, 7) is 2.11. The number of carbonyl (C=O) groups excluding carboxylic acids is 2. The lowest BCUT2D eigenvalue weighted by Crippen LogP contribution is -2.64. The zero-order valence-corrected chi connectivity index (χ0v) is 17.2. The maximum Gasteiger partial charge on any atom is 0.329 e. The van der Waals surface area contributed by atoms with Gasteiger partial charge in [-0.05, 0) is 37.0 Å². The number of fused-ring (bicyclic) bond motifs is 1. The molecule has 0 radical (unpaired) electrons. The van der Waals surface area contributed by atoms with Gasteiger partial charge >= 0.3 is 6.03 Å². The number of hydrogen-bond acceptors (Lipinski definition) is 4. The molecule has 4 rings (SSSR count). The van der Waals surface area contributed by atoms with Crippen LogP contribution in [0.4, 0.5) is 16.2 Å². The van der Waals surface area contributed by atoms with E-state index in [1.807, 2.05) is 0 Å². The molecule has 1 saturated carbocycles. The lowest BCUT2D eigenvalue weighted by molar-refractivity contribution is -0.141. The van der Waals surface area contributed by atoms with Gasteiger partial charge in [-0.3, -0.25) is 9.69 Å². The third kappa shape index (κ3) is 3.39. The number of amides is 3. The fraction of sp³-hybridized carbons (Fsp3) is 0.391. The Morgan fingerprint density at radius 1 is 1.20 bits per heavy atom. The van der Waals surface area contributed by atoms with Crippen LogP contribution in [0, 0.1) is 5.92 Å². The Labute approximate surface area is 176 Å². The van der Waals surface area contributed by atoms with Crippen molar-refractivity contribution in [3.05, 3.63) is 54.1 Å². The molecule has 2 aromatic rings. The van der Waals surface area contributed by atoms with Crippen molar-refractivity contribution in [1.29, 1.82) is 0 Å². The maximum absolute atomic E-state index is 13.6. The molecule has 0 bridgehead atoms. The van der Waals surface area contributed by atoms with E-state index in [1.165, 1.54) is 7.11 Å². The van der Waals surface area contributed by atoms with Gasteiger partial charge < -0.3 is 20.5 Å². The number of carbonyl (C=O) groups is 2. The number of rotatable bonds is 4. The standard InChI is InChI=1S/C23H27N3O4/c1-15-8-3-5-12-19(15)24-21(27)23(29)18-11-4-6-13-20(18)25-22(28)26(23)16-9-7-10-17(14-16)30-2/h4,6-7,9-11,13-15,19,29H,3,5,8,12H2,1-2H3,(H,24,27)(H,25,28)/t15-,19+,23-/m1/s1. The predicted octanol–water partition coefficient (Wildman–Crippen LogP) is 3.59. The molecule has 1 heterocycles. The summed E-state index contributed by atoms with van der Waals surface area (Å²) in [4.78, 5) is 27.7. The van der Waals surface area contributed by atoms with Gasteiger partial charge in [0.2, 0.25) is 0 Å². The van der Waals surface area contributed by atoms with Crippen LogP contribution in [0.15, 0.2) is 48.5 Å². The van der Waals surface area contributed by atoms with Crippen molar-refractivity contribution in [3.8, 4) is 5.75 Å². The third-order valence-corrected chi connectivity index (χ3v) is 6.13. The highest BCUT2D eigenvalue weighted by Gasteiger charge is 2.52. The fourth-order valence-electron chi connectivity index (χ4n) is 4.41. The Balaban J connectivity index is 1.79. The lowest BCUT2D eigenvalue weighted by Gasteiger charge is -2.44. The highest BCUT2D eigenvalue weighted by Crippen LogP contribution is 2.41. The molecule has 3 amide bonds. The zero-order chi connectivity index (χ0) is 21.3. The molecule has 0 saturated heterocycles. The highest BCUT2D eigenvalue weighted by atomic mass is 16.5. The molecule has 7 nitrogen and oxygen atoms in total. The molecular formula is C23H27N3O4. The first-order chi connectivity index (χ1) is 14.4. The van der Waals surface area contributed by atoms with Crippen LogP contribution in [0.2, 0.25) is 0 Å². The predicted molar refractivity (Wildman–Crippen MR) is 114 cm³/mol. The number of anilines is 2. The number of methoxy groups -OCH3 is 1. The van der Waals surface area contributed by atoms with E-state index >= 15 is 0 Å². The Bertz CT molecular complexity index is 963. The van der Waals surface area contributed by atoms with Gasteiger partial charge in [-0.1, -0.05) is 44.0 Å². The number of para-hydroxylation sites is 1. The number of aliphatic hydroxyl groups is 1. The Kier molecular flexibility index (Phi) is 5.39. The minimum atomic E-state index is -2.19. The number of benzene rings is 2. The normalized spacial score (nSPS) is 25.8. The van der Waals surface area contributed by atoms with Gasteiger partial charge in [0.1, 0.15) is 5.75 Å². The van der Waals surface area contributed by atoms with Crippen molar-refractivity contribution in [2.75, 3.05) is 17.3 Å². The molecular weight excluding hydrogens is 382 g/mol. The molecule has 158 valence electrons. The number of nitrogens with zero attached hydrogens (tertiary/aromatic N) is 1. The summed E-state index contributed by atoms with van der Waals surface area (Å²) >= 11 is 0. The monoisotopic (exact) mass is 409 g/mol. The van der Waals surface area contributed by atoms with Gasteiger partial charge in [0.25, 0.3) is 11.6 Å². The van der Waals surface area contributed by atoms with Crippen molar-refractivity contribution in [2.24, 2.45) is 5.92 Å². The van der Waals surface area contributed by atoms with E-state index in [2.05, 4.69) is 17.6 Å². The van der Waals surface area contributed by atoms with Crippen molar-refractivity contribution >= 4 is 23.3 Å². The molecule has 1 fully saturated rings. The van der Waals surface area contributed by atoms with E-state index in [0.717, 1.165) is 30.6 Å². The summed E-state index contributed by atoms with van der Waals surface area (Å²) in [5.74, 6) is 0.221. The number of urea groups is 1. The molecule has 0 unspecified atom stereocenters. The Morgan fingerprint density at radius 2 is 1.97 bits per heavy atom. The summed E-state index contributed by atoms with van der Waals surface area (Å²) in [5, 5.41) is 17.7. The van der Waals surface area contributed by atoms with Crippen molar-refractivity contribution in [3.63, 3.8) is 0 Å². The average molecular weight is 409 g/mol. The molecule has 0 aromatic heterocycles. The quantitative estimate of drug-likeness (QED) is 0.720. The molecule has 1 aliphatic carbocycles. The second kappa shape index (κ2) is 7.99. The lowest BCUT2D eigenvalue weighted by atomic mass is 9.85. The first kappa shape index (κ1) is 20.2. The molecule has 1 aliphatic heterocycles. The molecule has 7 heteroatoms. The van der Waals surface area contributed by atoms with Crippen LogP contribution in [-0.2, 0) is 10.5 Å². The van der Waals surface area contributed by atoms with Gasteiger partial charge in [-0.25, -0.2) is 4.79 Å². The molecule has 3 atom stereocenters. The fourth-order valence-corrected chi connectivity index (χ4v) is 4.41. The molecule has 2 aromatic carbocycles. The molecule has 3 N–H and O–H groups in total. The molecule has 2 aliphatic rings. The third-order valence-electron chi connectivity index (χ3n) is 6.13. The Morgan fingerprint density at radius 3 is 2.73 bits per heavy atom. The van der Waals surface area contributed by atoms with E-state index in [-0.39, 0.29) is 6.04 Å². The van der Waals surface area contributed by atoms with E-state index in [0.29, 0.717) is 28.6 Å². The topological polar surface area (TPSA) is 90.9 Å². The van der Waals surface area contributed by atoms with Gasteiger partial charge in [-0.15, -0.1) is 0 Å². The van der Waals surface area contributed by atoms with Gasteiger partial charge in [0.15, 0.2) is 0 Å². The van der Waals surface area contributed by atoms with E-state index < -0.39 is 17.7 Å². The highest BCUT2D eigenvalue weighted by molar-refractivity contribution is 6.11. The minimum Gasteiger partial charge on any atom is -0.497 e. The average Bonchev–Trinajstić information content (AvgIpc) is 2.75. The maximum atomic E-state index is 13.6. The van der Waals surface area contributed by atoms with Crippen LogP contribution in [0.1, 0.15) is 38.2 Å². The number of ether oxygens (including phenoxy) is 1. The van der Waals surface area contributed by atoms with Crippen LogP contribution in [-0.4, -0.2) is 30.2 Å². The summed E-state index contributed by atoms with van der Waals surface area (Å²) < 4.78 is 5.27. The van der Waals surface area contributed by atoms with Crippen molar-refractivity contribution < 1.29 is 19.4 Å². The first-order valence-electron chi connectivity index (χ1n) is 10.3.